The SMILES string of the molecule is CCn1c(COc2cc(C)ccc2C)nnc1SCC(=O)NCc1ccc(OC)cc1. The lowest BCUT2D eigenvalue weighted by Crippen LogP contribution is -2.24. The Morgan fingerprint density at radius 3 is 2.61 bits per heavy atom. The van der Waals surface area contributed by atoms with E-state index in [1.54, 1.807) is 7.11 Å². The molecule has 0 fully saturated rings. The monoisotopic (exact) mass is 440 g/mol. The Kier molecular flexibility index (Phi) is 7.94. The van der Waals surface area contributed by atoms with Gasteiger partial charge in [0.2, 0.25) is 5.91 Å². The van der Waals surface area contributed by atoms with Crippen molar-refractivity contribution in [1.82, 2.24) is 20.1 Å². The van der Waals surface area contributed by atoms with Crippen LogP contribution in [0, 0.1) is 13.8 Å². The fourth-order valence-electron chi connectivity index (χ4n) is 2.98. The number of hydrogen-bond donors (Lipinski definition) is 1. The van der Waals surface area contributed by atoms with Crippen molar-refractivity contribution in [3.8, 4) is 11.5 Å². The molecule has 0 unspecified atom stereocenters. The van der Waals surface area contributed by atoms with Crippen LogP contribution in [-0.2, 0) is 24.5 Å². The summed E-state index contributed by atoms with van der Waals surface area (Å²) >= 11 is 1.37. The van der Waals surface area contributed by atoms with E-state index in [2.05, 4.69) is 21.6 Å². The average molecular weight is 441 g/mol. The summed E-state index contributed by atoms with van der Waals surface area (Å²) < 4.78 is 13.1. The number of carbonyl (C=O) groups is 1. The summed E-state index contributed by atoms with van der Waals surface area (Å²) in [5, 5.41) is 12.2. The molecule has 0 bridgehead atoms. The lowest BCUT2D eigenvalue weighted by Gasteiger charge is -2.11. The molecule has 0 spiro atoms. The normalized spacial score (nSPS) is 10.7. The highest BCUT2D eigenvalue weighted by Gasteiger charge is 2.14. The van der Waals surface area contributed by atoms with Gasteiger partial charge in [-0.25, -0.2) is 0 Å². The van der Waals surface area contributed by atoms with E-state index in [1.807, 2.05) is 61.7 Å². The van der Waals surface area contributed by atoms with Crippen LogP contribution in [0.25, 0.3) is 0 Å². The van der Waals surface area contributed by atoms with Crippen LogP contribution in [0.4, 0.5) is 0 Å². The number of benzene rings is 2. The molecule has 0 atom stereocenters. The lowest BCUT2D eigenvalue weighted by atomic mass is 10.1. The summed E-state index contributed by atoms with van der Waals surface area (Å²) in [5.41, 5.74) is 3.24. The maximum Gasteiger partial charge on any atom is 0.230 e. The minimum atomic E-state index is -0.0559. The Morgan fingerprint density at radius 1 is 1.13 bits per heavy atom. The summed E-state index contributed by atoms with van der Waals surface area (Å²) in [4.78, 5) is 12.3. The van der Waals surface area contributed by atoms with Crippen molar-refractivity contribution < 1.29 is 14.3 Å². The number of rotatable bonds is 10. The molecule has 7 nitrogen and oxygen atoms in total. The van der Waals surface area contributed by atoms with Gasteiger partial charge in [-0.05, 0) is 55.7 Å². The number of carbonyl (C=O) groups excluding carboxylic acids is 1. The van der Waals surface area contributed by atoms with Gasteiger partial charge in [0.05, 0.1) is 12.9 Å². The molecule has 1 amide bonds. The van der Waals surface area contributed by atoms with Gasteiger partial charge in [0, 0.05) is 13.1 Å². The number of aromatic nitrogens is 3. The molecule has 1 heterocycles. The highest BCUT2D eigenvalue weighted by molar-refractivity contribution is 7.99. The van der Waals surface area contributed by atoms with Gasteiger partial charge in [-0.15, -0.1) is 10.2 Å². The molecule has 0 aliphatic carbocycles. The molecule has 1 N–H and O–H groups in total. The minimum absolute atomic E-state index is 0.0559. The second-order valence-corrected chi connectivity index (χ2v) is 8.06. The zero-order valence-corrected chi connectivity index (χ0v) is 19.2. The van der Waals surface area contributed by atoms with Crippen molar-refractivity contribution in [3.05, 3.63) is 65.0 Å². The molecule has 2 aromatic carbocycles. The Morgan fingerprint density at radius 2 is 1.90 bits per heavy atom. The van der Waals surface area contributed by atoms with Crippen LogP contribution in [0.15, 0.2) is 47.6 Å². The predicted molar refractivity (Wildman–Crippen MR) is 122 cm³/mol. The van der Waals surface area contributed by atoms with Gasteiger partial charge in [0.1, 0.15) is 18.1 Å². The molecular formula is C23H28N4O3S. The van der Waals surface area contributed by atoms with Gasteiger partial charge in [-0.2, -0.15) is 0 Å². The molecule has 0 aliphatic heterocycles. The Balaban J connectivity index is 1.52. The quantitative estimate of drug-likeness (QED) is 0.482. The predicted octanol–water partition coefficient (Wildman–Crippen LogP) is 3.91. The second kappa shape index (κ2) is 10.9. The van der Waals surface area contributed by atoms with E-state index in [-0.39, 0.29) is 11.7 Å². The lowest BCUT2D eigenvalue weighted by molar-refractivity contribution is -0.118. The zero-order valence-electron chi connectivity index (χ0n) is 18.3. The van der Waals surface area contributed by atoms with Crippen molar-refractivity contribution >= 4 is 17.7 Å². The fourth-order valence-corrected chi connectivity index (χ4v) is 3.83. The Bertz CT molecular complexity index is 1020. The van der Waals surface area contributed by atoms with Gasteiger partial charge in [0.15, 0.2) is 11.0 Å². The molecule has 31 heavy (non-hydrogen) atoms. The molecule has 8 heteroatoms. The van der Waals surface area contributed by atoms with Crippen molar-refractivity contribution in [2.75, 3.05) is 12.9 Å². The summed E-state index contributed by atoms with van der Waals surface area (Å²) in [6.45, 7) is 7.58. The standard InChI is InChI=1S/C23H28N4O3S/c1-5-27-21(14-30-20-12-16(2)6-7-17(20)3)25-26-23(27)31-15-22(28)24-13-18-8-10-19(29-4)11-9-18/h6-12H,5,13-15H2,1-4H3,(H,24,28). The van der Waals surface area contributed by atoms with E-state index in [9.17, 15) is 4.79 Å². The number of nitrogens with zero attached hydrogens (tertiary/aromatic N) is 3. The van der Waals surface area contributed by atoms with Crippen molar-refractivity contribution in [2.45, 2.75) is 45.6 Å². The molecule has 1 aromatic heterocycles. The first-order valence-corrected chi connectivity index (χ1v) is 11.1. The Hall–Kier alpha value is -3.00. The first-order chi connectivity index (χ1) is 15.0. The molecule has 3 aromatic rings. The van der Waals surface area contributed by atoms with Crippen molar-refractivity contribution in [2.24, 2.45) is 0 Å². The van der Waals surface area contributed by atoms with Crippen LogP contribution < -0.4 is 14.8 Å². The number of thioether (sulfide) groups is 1. The Labute approximate surface area is 187 Å². The van der Waals surface area contributed by atoms with E-state index in [0.29, 0.717) is 24.9 Å². The third kappa shape index (κ3) is 6.24. The maximum atomic E-state index is 12.3. The number of aryl methyl sites for hydroxylation is 2. The topological polar surface area (TPSA) is 78.3 Å². The summed E-state index contributed by atoms with van der Waals surface area (Å²) in [6.07, 6.45) is 0. The van der Waals surface area contributed by atoms with Gasteiger partial charge in [0.25, 0.3) is 0 Å². The highest BCUT2D eigenvalue weighted by Crippen LogP contribution is 2.22. The van der Waals surface area contributed by atoms with E-state index < -0.39 is 0 Å². The smallest absolute Gasteiger partial charge is 0.230 e. The maximum absolute atomic E-state index is 12.3. The van der Waals surface area contributed by atoms with E-state index in [4.69, 9.17) is 9.47 Å². The van der Waals surface area contributed by atoms with E-state index in [0.717, 1.165) is 34.0 Å². The van der Waals surface area contributed by atoms with Gasteiger partial charge in [-0.1, -0.05) is 36.0 Å². The number of amides is 1. The van der Waals surface area contributed by atoms with E-state index in [1.165, 1.54) is 11.8 Å². The molecule has 0 saturated heterocycles. The first-order valence-electron chi connectivity index (χ1n) is 10.1. The number of ether oxygens (including phenoxy) is 2. The molecule has 164 valence electrons. The highest BCUT2D eigenvalue weighted by atomic mass is 32.2. The van der Waals surface area contributed by atoms with E-state index >= 15 is 0 Å². The third-order valence-corrected chi connectivity index (χ3v) is 5.76. The third-order valence-electron chi connectivity index (χ3n) is 4.79. The molecule has 0 saturated carbocycles. The van der Waals surface area contributed by atoms with Gasteiger partial charge < -0.3 is 19.4 Å². The van der Waals surface area contributed by atoms with Crippen LogP contribution in [0.3, 0.4) is 0 Å². The number of methoxy groups -OCH3 is 1. The summed E-state index contributed by atoms with van der Waals surface area (Å²) in [6, 6.07) is 13.7. The largest absolute Gasteiger partial charge is 0.497 e. The van der Waals surface area contributed by atoms with Gasteiger partial charge in [-0.3, -0.25) is 4.79 Å². The first kappa shape index (κ1) is 22.7. The van der Waals surface area contributed by atoms with Gasteiger partial charge >= 0.3 is 0 Å². The fraction of sp³-hybridized carbons (Fsp3) is 0.348. The van der Waals surface area contributed by atoms with Crippen LogP contribution in [0.1, 0.15) is 29.4 Å². The van der Waals surface area contributed by atoms with Crippen molar-refractivity contribution in [3.63, 3.8) is 0 Å². The minimum Gasteiger partial charge on any atom is -0.497 e. The number of nitrogens with one attached hydrogen (secondary N) is 1. The van der Waals surface area contributed by atoms with Crippen LogP contribution in [0.5, 0.6) is 11.5 Å². The molecular weight excluding hydrogens is 412 g/mol. The molecule has 0 radical (unpaired) electrons. The second-order valence-electron chi connectivity index (χ2n) is 7.11. The molecule has 0 aliphatic rings. The molecule has 3 rings (SSSR count). The van der Waals surface area contributed by atoms with Crippen LogP contribution in [0.2, 0.25) is 0 Å². The summed E-state index contributed by atoms with van der Waals surface area (Å²) in [5.74, 6) is 2.59. The van der Waals surface area contributed by atoms with Crippen LogP contribution in [-0.4, -0.2) is 33.5 Å². The number of hydrogen-bond acceptors (Lipinski definition) is 6. The average Bonchev–Trinajstić information content (AvgIpc) is 3.19. The van der Waals surface area contributed by atoms with Crippen molar-refractivity contribution in [1.29, 1.82) is 0 Å². The summed E-state index contributed by atoms with van der Waals surface area (Å²) in [7, 11) is 1.63. The zero-order chi connectivity index (χ0) is 22.2. The van der Waals surface area contributed by atoms with Crippen LogP contribution >= 0.6 is 11.8 Å².